The molecule has 0 atom stereocenters. The van der Waals surface area contributed by atoms with Crippen LogP contribution in [0.3, 0.4) is 0 Å². The van der Waals surface area contributed by atoms with Gasteiger partial charge in [-0.3, -0.25) is 0 Å². The van der Waals surface area contributed by atoms with Crippen LogP contribution >= 0.6 is 11.3 Å². The minimum atomic E-state index is -4.14. The molecule has 2 N–H and O–H groups in total. The van der Waals surface area contributed by atoms with Crippen molar-refractivity contribution >= 4 is 27.4 Å². The number of rotatable bonds is 4. The number of fused-ring (bicyclic) bond motifs is 3. The van der Waals surface area contributed by atoms with Gasteiger partial charge in [0, 0.05) is 17.0 Å². The third kappa shape index (κ3) is 3.74. The maximum atomic E-state index is 12.3. The molecule has 2 aliphatic carbocycles. The lowest BCUT2D eigenvalue weighted by molar-refractivity contribution is -0.126. The molecule has 8 heteroatoms. The fourth-order valence-corrected chi connectivity index (χ4v) is 5.16. The first-order chi connectivity index (χ1) is 12.0. The summed E-state index contributed by atoms with van der Waals surface area (Å²) in [7, 11) is 0. The van der Waals surface area contributed by atoms with Crippen molar-refractivity contribution < 1.29 is 13.2 Å². The van der Waals surface area contributed by atoms with E-state index in [-0.39, 0.29) is 12.1 Å². The van der Waals surface area contributed by atoms with Crippen molar-refractivity contribution in [3.63, 3.8) is 0 Å². The highest BCUT2D eigenvalue weighted by atomic mass is 32.1. The van der Waals surface area contributed by atoms with Gasteiger partial charge in [-0.1, -0.05) is 0 Å². The molecular weight excluding hydrogens is 349 g/mol. The van der Waals surface area contributed by atoms with Gasteiger partial charge < -0.3 is 10.6 Å². The normalized spacial score (nSPS) is 23.8. The van der Waals surface area contributed by atoms with E-state index in [4.69, 9.17) is 0 Å². The van der Waals surface area contributed by atoms with Gasteiger partial charge in [-0.25, -0.2) is 9.97 Å². The Morgan fingerprint density at radius 2 is 1.84 bits per heavy atom. The summed E-state index contributed by atoms with van der Waals surface area (Å²) < 4.78 is 36.9. The van der Waals surface area contributed by atoms with Crippen LogP contribution in [0.4, 0.5) is 19.0 Å². The number of halogens is 3. The SMILES string of the molecule is FC(F)(F)CNC1CCC(Nc2ncnc3sc4c(c23)CCC4)CC1. The summed E-state index contributed by atoms with van der Waals surface area (Å²) in [5.41, 5.74) is 1.39. The van der Waals surface area contributed by atoms with Gasteiger partial charge in [-0.15, -0.1) is 11.3 Å². The Labute approximate surface area is 148 Å². The molecule has 2 aromatic heterocycles. The van der Waals surface area contributed by atoms with Crippen molar-refractivity contribution in [2.75, 3.05) is 11.9 Å². The van der Waals surface area contributed by atoms with Gasteiger partial charge >= 0.3 is 6.18 Å². The summed E-state index contributed by atoms with van der Waals surface area (Å²) in [6.45, 7) is -0.899. The van der Waals surface area contributed by atoms with Crippen LogP contribution in [0.5, 0.6) is 0 Å². The van der Waals surface area contributed by atoms with Crippen LogP contribution in [0.25, 0.3) is 10.2 Å². The Balaban J connectivity index is 1.40. The third-order valence-corrected chi connectivity index (χ3v) is 6.36. The summed E-state index contributed by atoms with van der Waals surface area (Å²) >= 11 is 1.76. The predicted molar refractivity (Wildman–Crippen MR) is 93.2 cm³/mol. The highest BCUT2D eigenvalue weighted by Crippen LogP contribution is 2.39. The Kier molecular flexibility index (Phi) is 4.58. The van der Waals surface area contributed by atoms with E-state index in [2.05, 4.69) is 20.6 Å². The van der Waals surface area contributed by atoms with E-state index in [9.17, 15) is 13.2 Å². The molecule has 0 bridgehead atoms. The van der Waals surface area contributed by atoms with E-state index in [0.29, 0.717) is 0 Å². The molecule has 2 aliphatic rings. The molecule has 0 unspecified atom stereocenters. The lowest BCUT2D eigenvalue weighted by Crippen LogP contribution is -2.41. The van der Waals surface area contributed by atoms with E-state index in [1.54, 1.807) is 17.7 Å². The largest absolute Gasteiger partial charge is 0.401 e. The molecule has 4 nitrogen and oxygen atoms in total. The van der Waals surface area contributed by atoms with E-state index in [1.165, 1.54) is 16.9 Å². The van der Waals surface area contributed by atoms with Crippen LogP contribution in [0, 0.1) is 0 Å². The number of thiophene rings is 1. The van der Waals surface area contributed by atoms with Gasteiger partial charge in [-0.05, 0) is 50.5 Å². The van der Waals surface area contributed by atoms with Crippen LogP contribution < -0.4 is 10.6 Å². The van der Waals surface area contributed by atoms with Crippen molar-refractivity contribution in [3.05, 3.63) is 16.8 Å². The Morgan fingerprint density at radius 3 is 2.60 bits per heavy atom. The van der Waals surface area contributed by atoms with Gasteiger partial charge in [0.05, 0.1) is 11.9 Å². The molecule has 0 amide bonds. The molecular formula is C17H21F3N4S. The van der Waals surface area contributed by atoms with Crippen molar-refractivity contribution in [1.29, 1.82) is 0 Å². The van der Waals surface area contributed by atoms with E-state index < -0.39 is 12.7 Å². The van der Waals surface area contributed by atoms with Crippen molar-refractivity contribution in [2.45, 2.75) is 63.2 Å². The fraction of sp³-hybridized carbons (Fsp3) is 0.647. The fourth-order valence-electron chi connectivity index (χ4n) is 3.93. The van der Waals surface area contributed by atoms with Gasteiger partial charge in [0.2, 0.25) is 0 Å². The summed E-state index contributed by atoms with van der Waals surface area (Å²) in [4.78, 5) is 11.3. The van der Waals surface area contributed by atoms with Crippen molar-refractivity contribution in [2.24, 2.45) is 0 Å². The minimum absolute atomic E-state index is 0.0458. The zero-order valence-corrected chi connectivity index (χ0v) is 14.6. The Bertz CT molecular complexity index is 750. The molecule has 0 radical (unpaired) electrons. The number of anilines is 1. The number of aromatic nitrogens is 2. The maximum absolute atomic E-state index is 12.3. The number of alkyl halides is 3. The lowest BCUT2D eigenvalue weighted by atomic mass is 9.91. The standard InChI is InChI=1S/C17H21F3N4S/c18-17(19,20)8-21-10-4-6-11(7-5-10)24-15-14-12-2-1-3-13(12)25-16(14)23-9-22-15/h9-11,21H,1-8H2,(H,22,23,24). The van der Waals surface area contributed by atoms with E-state index >= 15 is 0 Å². The first kappa shape index (κ1) is 17.0. The summed E-state index contributed by atoms with van der Waals surface area (Å²) in [5.74, 6) is 0.899. The monoisotopic (exact) mass is 370 g/mol. The van der Waals surface area contributed by atoms with Crippen LogP contribution in [-0.4, -0.2) is 34.8 Å². The van der Waals surface area contributed by atoms with E-state index in [1.807, 2.05) is 0 Å². The zero-order valence-electron chi connectivity index (χ0n) is 13.8. The molecule has 0 aromatic carbocycles. The maximum Gasteiger partial charge on any atom is 0.401 e. The summed E-state index contributed by atoms with van der Waals surface area (Å²) in [5, 5.41) is 7.33. The molecule has 0 saturated heterocycles. The molecule has 2 aromatic rings. The highest BCUT2D eigenvalue weighted by molar-refractivity contribution is 7.19. The molecule has 0 aliphatic heterocycles. The lowest BCUT2D eigenvalue weighted by Gasteiger charge is -2.30. The first-order valence-corrected chi connectivity index (χ1v) is 9.63. The van der Waals surface area contributed by atoms with Crippen LogP contribution in [0.1, 0.15) is 42.5 Å². The average Bonchev–Trinajstić information content (AvgIpc) is 3.14. The van der Waals surface area contributed by atoms with Crippen LogP contribution in [-0.2, 0) is 12.8 Å². The third-order valence-electron chi connectivity index (χ3n) is 5.16. The second kappa shape index (κ2) is 6.72. The zero-order chi connectivity index (χ0) is 17.4. The van der Waals surface area contributed by atoms with Crippen molar-refractivity contribution in [3.8, 4) is 0 Å². The van der Waals surface area contributed by atoms with Gasteiger partial charge in [0.25, 0.3) is 0 Å². The van der Waals surface area contributed by atoms with Crippen molar-refractivity contribution in [1.82, 2.24) is 15.3 Å². The van der Waals surface area contributed by atoms with Crippen LogP contribution in [0.15, 0.2) is 6.33 Å². The van der Waals surface area contributed by atoms with Gasteiger partial charge in [0.1, 0.15) is 17.0 Å². The molecule has 0 spiro atoms. The smallest absolute Gasteiger partial charge is 0.367 e. The highest BCUT2D eigenvalue weighted by Gasteiger charge is 2.30. The average molecular weight is 370 g/mol. The Hall–Kier alpha value is -1.41. The number of hydrogen-bond donors (Lipinski definition) is 2. The molecule has 136 valence electrons. The number of aryl methyl sites for hydroxylation is 2. The molecule has 4 rings (SSSR count). The topological polar surface area (TPSA) is 49.8 Å². The molecule has 2 heterocycles. The summed E-state index contributed by atoms with van der Waals surface area (Å²) in [6.07, 6.45) is 4.10. The quantitative estimate of drug-likeness (QED) is 0.852. The first-order valence-electron chi connectivity index (χ1n) is 8.81. The van der Waals surface area contributed by atoms with Crippen LogP contribution in [0.2, 0.25) is 0 Å². The Morgan fingerprint density at radius 1 is 1.08 bits per heavy atom. The van der Waals surface area contributed by atoms with Gasteiger partial charge in [0.15, 0.2) is 0 Å². The number of nitrogens with one attached hydrogen (secondary N) is 2. The van der Waals surface area contributed by atoms with Gasteiger partial charge in [-0.2, -0.15) is 13.2 Å². The molecule has 1 saturated carbocycles. The summed E-state index contributed by atoms with van der Waals surface area (Å²) in [6, 6.07) is 0.217. The predicted octanol–water partition coefficient (Wildman–Crippen LogP) is 4.06. The minimum Gasteiger partial charge on any atom is -0.367 e. The molecule has 1 fully saturated rings. The second-order valence-corrected chi connectivity index (χ2v) is 8.03. The molecule has 25 heavy (non-hydrogen) atoms. The second-order valence-electron chi connectivity index (χ2n) is 6.95. The number of nitrogens with zero attached hydrogens (tertiary/aromatic N) is 2. The number of hydrogen-bond acceptors (Lipinski definition) is 5. The van der Waals surface area contributed by atoms with E-state index in [0.717, 1.165) is 54.6 Å².